The van der Waals surface area contributed by atoms with Gasteiger partial charge >= 0.3 is 0 Å². The molecular weight excluding hydrogens is 312 g/mol. The number of methoxy groups -OCH3 is 1. The maximum absolute atomic E-state index is 5.07. The summed E-state index contributed by atoms with van der Waals surface area (Å²) in [5.41, 5.74) is 1.14. The van der Waals surface area contributed by atoms with Crippen LogP contribution in [-0.2, 0) is 6.54 Å². The Morgan fingerprint density at radius 1 is 1.30 bits per heavy atom. The van der Waals surface area contributed by atoms with Crippen molar-refractivity contribution >= 4 is 17.8 Å². The molecule has 3 heterocycles. The van der Waals surface area contributed by atoms with E-state index in [1.165, 1.54) is 0 Å². The van der Waals surface area contributed by atoms with E-state index in [2.05, 4.69) is 41.8 Å². The summed E-state index contributed by atoms with van der Waals surface area (Å²) in [7, 11) is 1.58. The predicted octanol–water partition coefficient (Wildman–Crippen LogP) is 2.21. The van der Waals surface area contributed by atoms with Gasteiger partial charge in [0.2, 0.25) is 5.88 Å². The zero-order valence-electron chi connectivity index (χ0n) is 13.5. The lowest BCUT2D eigenvalue weighted by Crippen LogP contribution is -2.29. The van der Waals surface area contributed by atoms with Crippen molar-refractivity contribution in [3.63, 3.8) is 0 Å². The van der Waals surface area contributed by atoms with Gasteiger partial charge in [0.15, 0.2) is 0 Å². The summed E-state index contributed by atoms with van der Waals surface area (Å²) in [5.74, 6) is 1.21. The van der Waals surface area contributed by atoms with Gasteiger partial charge in [0.1, 0.15) is 5.82 Å². The van der Waals surface area contributed by atoms with Crippen LogP contribution in [0, 0.1) is 0 Å². The molecule has 7 nitrogen and oxygen atoms in total. The average Bonchev–Trinajstić information content (AvgIpc) is 3.09. The molecule has 0 saturated carbocycles. The molecule has 1 aliphatic rings. The largest absolute Gasteiger partial charge is 0.480 e. The molecule has 2 aromatic rings. The van der Waals surface area contributed by atoms with Crippen molar-refractivity contribution in [2.75, 3.05) is 31.8 Å². The second-order valence-corrected chi connectivity index (χ2v) is 6.35. The number of ether oxygens (including phenoxy) is 1. The van der Waals surface area contributed by atoms with Crippen LogP contribution in [0.3, 0.4) is 0 Å². The molecule has 1 saturated heterocycles. The lowest BCUT2D eigenvalue weighted by Gasteiger charge is -2.30. The Morgan fingerprint density at radius 2 is 2.13 bits per heavy atom. The highest BCUT2D eigenvalue weighted by molar-refractivity contribution is 7.96. The third kappa shape index (κ3) is 4.14. The fourth-order valence-corrected chi connectivity index (χ4v) is 3.26. The third-order valence-electron chi connectivity index (χ3n) is 4.01. The second-order valence-electron chi connectivity index (χ2n) is 5.47. The zero-order valence-corrected chi connectivity index (χ0v) is 14.3. The molecule has 0 unspecified atom stereocenters. The molecule has 0 radical (unpaired) electrons. The molecule has 2 aromatic heterocycles. The standard InChI is InChI=1S/C15H22N6OS/c1-22-15-10-16-9-14(19-15)17-7-12-8-18-21(11-12)13-3-5-20(23-2)6-4-13/h8-11,13H,3-7H2,1-2H3,(H,17,19). The Balaban J connectivity index is 1.55. The van der Waals surface area contributed by atoms with Crippen LogP contribution in [0.5, 0.6) is 5.88 Å². The molecule has 0 spiro atoms. The molecular formula is C15H22N6OS. The van der Waals surface area contributed by atoms with Crippen LogP contribution in [0.1, 0.15) is 24.4 Å². The van der Waals surface area contributed by atoms with E-state index in [0.717, 1.165) is 31.5 Å². The van der Waals surface area contributed by atoms with Gasteiger partial charge in [-0.1, -0.05) is 11.9 Å². The topological polar surface area (TPSA) is 68.1 Å². The van der Waals surface area contributed by atoms with Crippen molar-refractivity contribution < 1.29 is 4.74 Å². The summed E-state index contributed by atoms with van der Waals surface area (Å²) < 4.78 is 9.58. The third-order valence-corrected chi connectivity index (χ3v) is 4.89. The number of nitrogens with zero attached hydrogens (tertiary/aromatic N) is 5. The highest BCUT2D eigenvalue weighted by Crippen LogP contribution is 2.25. The fraction of sp³-hybridized carbons (Fsp3) is 0.533. The van der Waals surface area contributed by atoms with Gasteiger partial charge in [0.25, 0.3) is 0 Å². The van der Waals surface area contributed by atoms with Crippen LogP contribution >= 0.6 is 11.9 Å². The van der Waals surface area contributed by atoms with Gasteiger partial charge < -0.3 is 10.1 Å². The van der Waals surface area contributed by atoms with Gasteiger partial charge in [-0.2, -0.15) is 10.1 Å². The highest BCUT2D eigenvalue weighted by atomic mass is 32.2. The first-order valence-corrected chi connectivity index (χ1v) is 8.88. The van der Waals surface area contributed by atoms with Crippen LogP contribution in [0.2, 0.25) is 0 Å². The van der Waals surface area contributed by atoms with E-state index in [0.29, 0.717) is 24.3 Å². The minimum Gasteiger partial charge on any atom is -0.480 e. The van der Waals surface area contributed by atoms with E-state index in [-0.39, 0.29) is 0 Å². The molecule has 1 fully saturated rings. The molecule has 23 heavy (non-hydrogen) atoms. The number of anilines is 1. The normalized spacial score (nSPS) is 16.4. The maximum Gasteiger partial charge on any atom is 0.233 e. The van der Waals surface area contributed by atoms with Crippen molar-refractivity contribution in [3.8, 4) is 5.88 Å². The number of rotatable bonds is 6. The van der Waals surface area contributed by atoms with E-state index in [1.54, 1.807) is 19.5 Å². The van der Waals surface area contributed by atoms with Gasteiger partial charge in [0, 0.05) is 31.4 Å². The van der Waals surface area contributed by atoms with Crippen LogP contribution < -0.4 is 10.1 Å². The fourth-order valence-electron chi connectivity index (χ4n) is 2.68. The monoisotopic (exact) mass is 334 g/mol. The molecule has 0 aliphatic carbocycles. The first-order valence-electron chi connectivity index (χ1n) is 7.70. The van der Waals surface area contributed by atoms with Gasteiger partial charge in [-0.25, -0.2) is 0 Å². The highest BCUT2D eigenvalue weighted by Gasteiger charge is 2.20. The molecule has 1 aliphatic heterocycles. The van der Waals surface area contributed by atoms with Crippen molar-refractivity contribution in [1.29, 1.82) is 0 Å². The van der Waals surface area contributed by atoms with Gasteiger partial charge in [-0.3, -0.25) is 14.0 Å². The first kappa shape index (κ1) is 16.1. The molecule has 0 amide bonds. The predicted molar refractivity (Wildman–Crippen MR) is 91.5 cm³/mol. The van der Waals surface area contributed by atoms with Crippen molar-refractivity contribution in [2.24, 2.45) is 0 Å². The van der Waals surface area contributed by atoms with Crippen LogP contribution in [-0.4, -0.2) is 50.5 Å². The second kappa shape index (κ2) is 7.65. The molecule has 0 atom stereocenters. The summed E-state index contributed by atoms with van der Waals surface area (Å²) in [5, 5.41) is 7.78. The Kier molecular flexibility index (Phi) is 5.35. The van der Waals surface area contributed by atoms with Gasteiger partial charge in [-0.05, 0) is 19.1 Å². The molecule has 0 bridgehead atoms. The molecule has 0 aromatic carbocycles. The molecule has 8 heteroatoms. The molecule has 1 N–H and O–H groups in total. The Hall–Kier alpha value is -1.80. The van der Waals surface area contributed by atoms with Crippen molar-refractivity contribution in [2.45, 2.75) is 25.4 Å². The molecule has 124 valence electrons. The minimum atomic E-state index is 0.503. The number of hydrogen-bond donors (Lipinski definition) is 1. The zero-order chi connectivity index (χ0) is 16.1. The summed E-state index contributed by atoms with van der Waals surface area (Å²) in [6.45, 7) is 2.92. The lowest BCUT2D eigenvalue weighted by molar-refractivity contribution is 0.276. The van der Waals surface area contributed by atoms with Crippen LogP contribution in [0.4, 0.5) is 5.82 Å². The number of aromatic nitrogens is 4. The van der Waals surface area contributed by atoms with E-state index >= 15 is 0 Å². The maximum atomic E-state index is 5.07. The number of nitrogens with one attached hydrogen (secondary N) is 1. The van der Waals surface area contributed by atoms with Crippen molar-refractivity contribution in [1.82, 2.24) is 24.1 Å². The Morgan fingerprint density at radius 3 is 2.87 bits per heavy atom. The summed E-state index contributed by atoms with van der Waals surface area (Å²) in [6.07, 6.45) is 11.8. The Labute approximate surface area is 140 Å². The quantitative estimate of drug-likeness (QED) is 0.812. The summed E-state index contributed by atoms with van der Waals surface area (Å²) >= 11 is 1.83. The Bertz CT molecular complexity index is 626. The van der Waals surface area contributed by atoms with Gasteiger partial charge in [0.05, 0.1) is 31.7 Å². The average molecular weight is 334 g/mol. The minimum absolute atomic E-state index is 0.503. The summed E-state index contributed by atoms with van der Waals surface area (Å²) in [6, 6.07) is 0.503. The first-order chi connectivity index (χ1) is 11.3. The lowest BCUT2D eigenvalue weighted by atomic mass is 10.1. The smallest absolute Gasteiger partial charge is 0.233 e. The SMILES string of the molecule is COc1cncc(NCc2cnn(C3CCN(SC)CC3)c2)n1. The van der Waals surface area contributed by atoms with E-state index < -0.39 is 0 Å². The van der Waals surface area contributed by atoms with Gasteiger partial charge in [-0.15, -0.1) is 0 Å². The van der Waals surface area contributed by atoms with Crippen LogP contribution in [0.25, 0.3) is 0 Å². The van der Waals surface area contributed by atoms with E-state index in [4.69, 9.17) is 4.74 Å². The molecule has 3 rings (SSSR count). The number of hydrogen-bond acceptors (Lipinski definition) is 7. The van der Waals surface area contributed by atoms with Crippen molar-refractivity contribution in [3.05, 3.63) is 30.4 Å². The van der Waals surface area contributed by atoms with E-state index in [1.807, 2.05) is 18.1 Å². The van der Waals surface area contributed by atoms with E-state index in [9.17, 15) is 0 Å². The number of piperidine rings is 1. The van der Waals surface area contributed by atoms with Crippen LogP contribution in [0.15, 0.2) is 24.8 Å². The summed E-state index contributed by atoms with van der Waals surface area (Å²) in [4.78, 5) is 8.37.